The zero-order chi connectivity index (χ0) is 22.2. The van der Waals surface area contributed by atoms with Crippen molar-refractivity contribution < 1.29 is 53.4 Å². The summed E-state index contributed by atoms with van der Waals surface area (Å²) in [7, 11) is 0. The number of phenols is 1. The molecule has 9 nitrogen and oxygen atoms in total. The second-order valence-corrected chi connectivity index (χ2v) is 6.49. The van der Waals surface area contributed by atoms with E-state index in [9.17, 15) is 38.8 Å². The molecule has 0 aliphatic carbocycles. The van der Waals surface area contributed by atoms with Gasteiger partial charge in [0.15, 0.2) is 18.5 Å². The van der Waals surface area contributed by atoms with Gasteiger partial charge in [-0.15, -0.1) is 0 Å². The van der Waals surface area contributed by atoms with Crippen LogP contribution < -0.4 is 0 Å². The lowest BCUT2D eigenvalue weighted by molar-refractivity contribution is -0.279. The smallest absolute Gasteiger partial charge is 0.342 e. The molecule has 1 saturated heterocycles. The van der Waals surface area contributed by atoms with Crippen LogP contribution in [0.25, 0.3) is 11.1 Å². The van der Waals surface area contributed by atoms with E-state index < -0.39 is 65.6 Å². The van der Waals surface area contributed by atoms with Gasteiger partial charge in [0.25, 0.3) is 0 Å². The van der Waals surface area contributed by atoms with Gasteiger partial charge in [0, 0.05) is 11.6 Å². The fourth-order valence-electron chi connectivity index (χ4n) is 2.96. The molecule has 5 N–H and O–H groups in total. The van der Waals surface area contributed by atoms with Crippen molar-refractivity contribution in [3.8, 4) is 16.9 Å². The molecular formula is C19H16F2O9. The molecule has 0 radical (unpaired) electrons. The number of benzene rings is 2. The maximum absolute atomic E-state index is 14.0. The van der Waals surface area contributed by atoms with Crippen LogP contribution in [0.5, 0.6) is 5.75 Å². The molecule has 0 unspecified atom stereocenters. The zero-order valence-corrected chi connectivity index (χ0v) is 15.0. The number of ether oxygens (including phenoxy) is 2. The predicted octanol–water partition coefficient (Wildman–Crippen LogP) is 0.386. The maximum Gasteiger partial charge on any atom is 0.342 e. The van der Waals surface area contributed by atoms with Gasteiger partial charge in [-0.1, -0.05) is 6.07 Å². The van der Waals surface area contributed by atoms with Gasteiger partial charge in [0.05, 0.1) is 0 Å². The minimum Gasteiger partial charge on any atom is -0.507 e. The molecule has 3 rings (SSSR count). The summed E-state index contributed by atoms with van der Waals surface area (Å²) < 4.78 is 36.7. The number of carboxylic acid groups (broad SMARTS) is 1. The molecule has 30 heavy (non-hydrogen) atoms. The van der Waals surface area contributed by atoms with Gasteiger partial charge in [-0.3, -0.25) is 0 Å². The normalized spacial score (nSPS) is 26.2. The minimum atomic E-state index is -2.09. The maximum atomic E-state index is 14.0. The number of aromatic hydroxyl groups is 1. The number of phenolic OH excluding ortho intramolecular Hbond substituents is 1. The Balaban J connectivity index is 1.86. The Morgan fingerprint density at radius 1 is 1.00 bits per heavy atom. The summed E-state index contributed by atoms with van der Waals surface area (Å²) in [4.78, 5) is 23.4. The zero-order valence-electron chi connectivity index (χ0n) is 15.0. The van der Waals surface area contributed by atoms with Gasteiger partial charge in [-0.25, -0.2) is 18.4 Å². The molecule has 0 aromatic heterocycles. The molecule has 2 aromatic rings. The van der Waals surface area contributed by atoms with Gasteiger partial charge in [0.2, 0.25) is 0 Å². The van der Waals surface area contributed by atoms with Gasteiger partial charge >= 0.3 is 11.9 Å². The van der Waals surface area contributed by atoms with Crippen LogP contribution in [0.2, 0.25) is 0 Å². The van der Waals surface area contributed by atoms with Crippen molar-refractivity contribution in [2.45, 2.75) is 30.7 Å². The van der Waals surface area contributed by atoms with Gasteiger partial charge in [-0.05, 0) is 29.8 Å². The van der Waals surface area contributed by atoms with Crippen molar-refractivity contribution in [3.05, 3.63) is 53.6 Å². The van der Waals surface area contributed by atoms with Crippen LogP contribution >= 0.6 is 0 Å². The van der Waals surface area contributed by atoms with Crippen LogP contribution in [0, 0.1) is 11.6 Å². The average molecular weight is 426 g/mol. The third-order valence-corrected chi connectivity index (χ3v) is 4.51. The number of halogens is 2. The fourth-order valence-corrected chi connectivity index (χ4v) is 2.96. The number of aliphatic hydroxyl groups is 3. The molecule has 0 saturated carbocycles. The van der Waals surface area contributed by atoms with E-state index in [0.717, 1.165) is 24.3 Å². The van der Waals surface area contributed by atoms with E-state index in [1.807, 2.05) is 0 Å². The molecule has 2 aromatic carbocycles. The Morgan fingerprint density at radius 2 is 1.70 bits per heavy atom. The van der Waals surface area contributed by atoms with Crippen LogP contribution in [0.4, 0.5) is 8.78 Å². The third-order valence-electron chi connectivity index (χ3n) is 4.51. The molecule has 1 heterocycles. The first-order valence-electron chi connectivity index (χ1n) is 8.52. The number of rotatable bonds is 4. The standard InChI is InChI=1S/C19H16F2O9/c20-8-2-3-9(11(21)6-8)7-1-4-12(22)10(5-7)18(27)30-16-14(24)13(23)15(17(25)26)29-19(16)28/h1-6,13-16,19,22-24,28H,(H,25,26)/t13-,14-,15-,16+,19+/m0/s1. The Hall–Kier alpha value is -3.12. The van der Waals surface area contributed by atoms with E-state index in [0.29, 0.717) is 6.07 Å². The van der Waals surface area contributed by atoms with Crippen molar-refractivity contribution in [1.29, 1.82) is 0 Å². The van der Waals surface area contributed by atoms with Gasteiger partial charge in [0.1, 0.15) is 35.2 Å². The van der Waals surface area contributed by atoms with Crippen molar-refractivity contribution in [2.24, 2.45) is 0 Å². The number of hydrogen-bond donors (Lipinski definition) is 5. The van der Waals surface area contributed by atoms with Crippen LogP contribution in [0.15, 0.2) is 36.4 Å². The second-order valence-electron chi connectivity index (χ2n) is 6.49. The molecule has 0 spiro atoms. The molecular weight excluding hydrogens is 410 g/mol. The summed E-state index contributed by atoms with van der Waals surface area (Å²) in [6.45, 7) is 0. The topological polar surface area (TPSA) is 154 Å². The SMILES string of the molecule is O=C(O[C@@H]1[C@@H](O)[C@H](O)[C@@H](C(=O)O)O[C@H]1O)c1cc(-c2ccc(F)cc2F)ccc1O. The van der Waals surface area contributed by atoms with Crippen LogP contribution in [0.3, 0.4) is 0 Å². The molecule has 1 aliphatic heterocycles. The van der Waals surface area contributed by atoms with Gasteiger partial charge in [-0.2, -0.15) is 0 Å². The Bertz CT molecular complexity index is 980. The highest BCUT2D eigenvalue weighted by Crippen LogP contribution is 2.30. The average Bonchev–Trinajstić information content (AvgIpc) is 2.68. The highest BCUT2D eigenvalue weighted by molar-refractivity contribution is 5.94. The molecule has 0 bridgehead atoms. The number of aliphatic carboxylic acids is 1. The number of esters is 1. The number of aliphatic hydroxyl groups excluding tert-OH is 3. The first-order chi connectivity index (χ1) is 14.1. The summed E-state index contributed by atoms with van der Waals surface area (Å²) in [5, 5.41) is 48.5. The largest absolute Gasteiger partial charge is 0.507 e. The monoisotopic (exact) mass is 426 g/mol. The van der Waals surface area contributed by atoms with E-state index >= 15 is 0 Å². The molecule has 1 aliphatic rings. The molecule has 1 fully saturated rings. The quantitative estimate of drug-likeness (QED) is 0.437. The number of hydrogen-bond acceptors (Lipinski definition) is 8. The third kappa shape index (κ3) is 4.09. The van der Waals surface area contributed by atoms with E-state index in [-0.39, 0.29) is 11.1 Å². The van der Waals surface area contributed by atoms with Crippen molar-refractivity contribution in [1.82, 2.24) is 0 Å². The lowest BCUT2D eigenvalue weighted by atomic mass is 9.98. The summed E-state index contributed by atoms with van der Waals surface area (Å²) in [6.07, 6.45) is -9.96. The van der Waals surface area contributed by atoms with E-state index in [2.05, 4.69) is 4.74 Å². The predicted molar refractivity (Wildman–Crippen MR) is 93.2 cm³/mol. The van der Waals surface area contributed by atoms with Crippen LogP contribution in [-0.4, -0.2) is 68.2 Å². The summed E-state index contributed by atoms with van der Waals surface area (Å²) >= 11 is 0. The molecule has 0 amide bonds. The van der Waals surface area contributed by atoms with Gasteiger partial charge < -0.3 is 35.0 Å². The second kappa shape index (κ2) is 8.32. The van der Waals surface area contributed by atoms with E-state index in [1.54, 1.807) is 0 Å². The fraction of sp³-hybridized carbons (Fsp3) is 0.263. The van der Waals surface area contributed by atoms with Crippen LogP contribution in [-0.2, 0) is 14.3 Å². The summed E-state index contributed by atoms with van der Waals surface area (Å²) in [6, 6.07) is 6.09. The first-order valence-corrected chi connectivity index (χ1v) is 8.52. The minimum absolute atomic E-state index is 0.0776. The Morgan fingerprint density at radius 3 is 2.33 bits per heavy atom. The van der Waals surface area contributed by atoms with Crippen LogP contribution in [0.1, 0.15) is 10.4 Å². The lowest BCUT2D eigenvalue weighted by Gasteiger charge is -2.38. The number of carboxylic acids is 1. The summed E-state index contributed by atoms with van der Waals surface area (Å²) in [5.41, 5.74) is -0.485. The molecule has 5 atom stereocenters. The lowest BCUT2D eigenvalue weighted by Crippen LogP contribution is -2.60. The highest BCUT2D eigenvalue weighted by Gasteiger charge is 2.49. The Labute approximate surface area is 167 Å². The van der Waals surface area contributed by atoms with Crippen molar-refractivity contribution in [3.63, 3.8) is 0 Å². The van der Waals surface area contributed by atoms with Crippen molar-refractivity contribution in [2.75, 3.05) is 0 Å². The van der Waals surface area contributed by atoms with E-state index in [1.165, 1.54) is 6.07 Å². The first kappa shape index (κ1) is 21.6. The molecule has 11 heteroatoms. The Kier molecular flexibility index (Phi) is 5.99. The number of carbonyl (C=O) groups excluding carboxylic acids is 1. The summed E-state index contributed by atoms with van der Waals surface area (Å²) in [5.74, 6) is -5.26. The number of carbonyl (C=O) groups is 2. The van der Waals surface area contributed by atoms with E-state index in [4.69, 9.17) is 9.84 Å². The highest BCUT2D eigenvalue weighted by atomic mass is 19.1. The van der Waals surface area contributed by atoms with Crippen molar-refractivity contribution >= 4 is 11.9 Å². The molecule has 160 valence electrons.